The van der Waals surface area contributed by atoms with E-state index in [4.69, 9.17) is 9.47 Å². The lowest BCUT2D eigenvalue weighted by atomic mass is 10.2. The second kappa shape index (κ2) is 6.63. The topological polar surface area (TPSA) is 84.9 Å². The van der Waals surface area contributed by atoms with Crippen molar-refractivity contribution >= 4 is 17.6 Å². The van der Waals surface area contributed by atoms with E-state index < -0.39 is 5.97 Å². The van der Waals surface area contributed by atoms with Gasteiger partial charge in [0.05, 0.1) is 7.11 Å². The summed E-state index contributed by atoms with van der Waals surface area (Å²) >= 11 is 0. The predicted molar refractivity (Wildman–Crippen MR) is 69.5 cm³/mol. The molecule has 6 nitrogen and oxygen atoms in total. The lowest BCUT2D eigenvalue weighted by molar-refractivity contribution is -0.134. The van der Waals surface area contributed by atoms with E-state index in [9.17, 15) is 14.7 Å². The highest BCUT2D eigenvalue weighted by atomic mass is 16.5. The maximum absolute atomic E-state index is 11.4. The lowest BCUT2D eigenvalue weighted by Gasteiger charge is -2.13. The molecule has 19 heavy (non-hydrogen) atoms. The predicted octanol–water partition coefficient (Wildman–Crippen LogP) is 2.06. The average Bonchev–Trinajstić information content (AvgIpc) is 2.34. The Morgan fingerprint density at radius 1 is 1.32 bits per heavy atom. The molecule has 0 fully saturated rings. The molecular formula is C13H17NO5. The third-order valence-electron chi connectivity index (χ3n) is 2.30. The van der Waals surface area contributed by atoms with Crippen LogP contribution < -0.4 is 14.8 Å². The highest BCUT2D eigenvalue weighted by Gasteiger charge is 2.17. The number of carbonyl (C=O) groups excluding carboxylic acids is 2. The van der Waals surface area contributed by atoms with Crippen molar-refractivity contribution < 1.29 is 24.2 Å². The quantitative estimate of drug-likeness (QED) is 0.484. The monoisotopic (exact) mass is 267 g/mol. The Kier molecular flexibility index (Phi) is 5.17. The van der Waals surface area contributed by atoms with Crippen molar-refractivity contribution in [3.05, 3.63) is 12.1 Å². The van der Waals surface area contributed by atoms with E-state index in [-0.39, 0.29) is 35.3 Å². The Bertz CT molecular complexity index is 484. The van der Waals surface area contributed by atoms with Crippen LogP contribution in [-0.4, -0.2) is 24.1 Å². The number of phenols is 1. The fourth-order valence-corrected chi connectivity index (χ4v) is 1.48. The van der Waals surface area contributed by atoms with Gasteiger partial charge in [-0.05, 0) is 18.6 Å². The molecule has 104 valence electrons. The van der Waals surface area contributed by atoms with E-state index in [0.29, 0.717) is 6.42 Å². The SMILES string of the molecule is CCCC(=O)Oc1ccc(OC)c(NC(C)=O)c1O. The van der Waals surface area contributed by atoms with Crippen molar-refractivity contribution in [2.75, 3.05) is 12.4 Å². The number of amides is 1. The van der Waals surface area contributed by atoms with Gasteiger partial charge in [0.25, 0.3) is 0 Å². The number of ether oxygens (including phenoxy) is 2. The van der Waals surface area contributed by atoms with Crippen LogP contribution in [-0.2, 0) is 9.59 Å². The molecule has 0 aliphatic rings. The first-order chi connectivity index (χ1) is 8.99. The zero-order valence-corrected chi connectivity index (χ0v) is 11.1. The fraction of sp³-hybridized carbons (Fsp3) is 0.385. The molecule has 0 bridgehead atoms. The van der Waals surface area contributed by atoms with Gasteiger partial charge in [0.1, 0.15) is 11.4 Å². The van der Waals surface area contributed by atoms with E-state index >= 15 is 0 Å². The van der Waals surface area contributed by atoms with Gasteiger partial charge in [-0.25, -0.2) is 0 Å². The number of hydrogen-bond donors (Lipinski definition) is 2. The Balaban J connectivity index is 3.07. The highest BCUT2D eigenvalue weighted by Crippen LogP contribution is 2.41. The number of carbonyl (C=O) groups is 2. The maximum Gasteiger partial charge on any atom is 0.311 e. The number of methoxy groups -OCH3 is 1. The van der Waals surface area contributed by atoms with Crippen LogP contribution in [0.4, 0.5) is 5.69 Å². The minimum absolute atomic E-state index is 0.0111. The van der Waals surface area contributed by atoms with E-state index in [1.807, 2.05) is 6.92 Å². The molecule has 1 rings (SSSR count). The van der Waals surface area contributed by atoms with Gasteiger partial charge >= 0.3 is 5.97 Å². The van der Waals surface area contributed by atoms with Crippen molar-refractivity contribution in [3.63, 3.8) is 0 Å². The summed E-state index contributed by atoms with van der Waals surface area (Å²) in [5.74, 6) is -0.882. The van der Waals surface area contributed by atoms with Crippen LogP contribution in [0.2, 0.25) is 0 Å². The molecule has 0 radical (unpaired) electrons. The van der Waals surface area contributed by atoms with Crippen molar-refractivity contribution in [1.82, 2.24) is 0 Å². The molecule has 0 aliphatic heterocycles. The van der Waals surface area contributed by atoms with Gasteiger partial charge < -0.3 is 19.9 Å². The molecule has 6 heteroatoms. The summed E-state index contributed by atoms with van der Waals surface area (Å²) in [4.78, 5) is 22.5. The molecule has 0 heterocycles. The molecule has 0 unspecified atom stereocenters. The summed E-state index contributed by atoms with van der Waals surface area (Å²) in [5.41, 5.74) is 0.0804. The second-order valence-electron chi connectivity index (χ2n) is 3.89. The van der Waals surface area contributed by atoms with Gasteiger partial charge in [-0.2, -0.15) is 0 Å². The Labute approximate surface area is 111 Å². The first-order valence-electron chi connectivity index (χ1n) is 5.87. The number of rotatable bonds is 5. The van der Waals surface area contributed by atoms with E-state index in [1.165, 1.54) is 26.2 Å². The minimum Gasteiger partial charge on any atom is -0.503 e. The van der Waals surface area contributed by atoms with Gasteiger partial charge in [0.15, 0.2) is 11.5 Å². The second-order valence-corrected chi connectivity index (χ2v) is 3.89. The zero-order chi connectivity index (χ0) is 14.4. The smallest absolute Gasteiger partial charge is 0.311 e. The molecule has 1 aromatic rings. The van der Waals surface area contributed by atoms with Gasteiger partial charge in [-0.1, -0.05) is 6.92 Å². The summed E-state index contributed by atoms with van der Waals surface area (Å²) in [6, 6.07) is 2.91. The summed E-state index contributed by atoms with van der Waals surface area (Å²) in [7, 11) is 1.41. The number of phenolic OH excluding ortho intramolecular Hbond substituents is 1. The van der Waals surface area contributed by atoms with Crippen LogP contribution in [0.5, 0.6) is 17.2 Å². The molecule has 1 aromatic carbocycles. The minimum atomic E-state index is -0.447. The lowest BCUT2D eigenvalue weighted by Crippen LogP contribution is -2.10. The van der Waals surface area contributed by atoms with Crippen LogP contribution >= 0.6 is 0 Å². The van der Waals surface area contributed by atoms with Crippen molar-refractivity contribution in [2.45, 2.75) is 26.7 Å². The van der Waals surface area contributed by atoms with E-state index in [2.05, 4.69) is 5.32 Å². The van der Waals surface area contributed by atoms with Gasteiger partial charge in [0.2, 0.25) is 5.91 Å². The molecule has 1 amide bonds. The van der Waals surface area contributed by atoms with Crippen molar-refractivity contribution in [1.29, 1.82) is 0 Å². The first-order valence-corrected chi connectivity index (χ1v) is 5.87. The summed E-state index contributed by atoms with van der Waals surface area (Å²) in [6.45, 7) is 3.15. The van der Waals surface area contributed by atoms with Crippen LogP contribution in [0, 0.1) is 0 Å². The van der Waals surface area contributed by atoms with Crippen LogP contribution in [0.15, 0.2) is 12.1 Å². The molecule has 0 atom stereocenters. The molecule has 0 spiro atoms. The van der Waals surface area contributed by atoms with Crippen LogP contribution in [0.25, 0.3) is 0 Å². The Morgan fingerprint density at radius 2 is 1.95 bits per heavy atom. The number of esters is 1. The maximum atomic E-state index is 11.4. The normalized spacial score (nSPS) is 9.84. The molecular weight excluding hydrogens is 250 g/mol. The van der Waals surface area contributed by atoms with Crippen LogP contribution in [0.3, 0.4) is 0 Å². The van der Waals surface area contributed by atoms with E-state index in [1.54, 1.807) is 0 Å². The van der Waals surface area contributed by atoms with Gasteiger partial charge in [-0.15, -0.1) is 0 Å². The summed E-state index contributed by atoms with van der Waals surface area (Å²) in [6.07, 6.45) is 0.898. The molecule has 0 saturated carbocycles. The van der Waals surface area contributed by atoms with Gasteiger partial charge in [-0.3, -0.25) is 9.59 Å². The average molecular weight is 267 g/mol. The Morgan fingerprint density at radius 3 is 2.47 bits per heavy atom. The molecule has 2 N–H and O–H groups in total. The number of aromatic hydroxyl groups is 1. The fourth-order valence-electron chi connectivity index (χ4n) is 1.48. The Hall–Kier alpha value is -2.24. The highest BCUT2D eigenvalue weighted by molar-refractivity contribution is 5.93. The molecule has 0 aromatic heterocycles. The first kappa shape index (κ1) is 14.8. The van der Waals surface area contributed by atoms with Crippen molar-refractivity contribution in [3.8, 4) is 17.2 Å². The van der Waals surface area contributed by atoms with Crippen LogP contribution in [0.1, 0.15) is 26.7 Å². The summed E-state index contributed by atoms with van der Waals surface area (Å²) < 4.78 is 10.0. The standard InChI is InChI=1S/C13H17NO5/c1-4-5-11(16)19-10-7-6-9(18-3)12(13(10)17)14-8(2)15/h6-7,17H,4-5H2,1-3H3,(H,14,15). The third-order valence-corrected chi connectivity index (χ3v) is 2.30. The number of nitrogens with one attached hydrogen (secondary N) is 1. The molecule has 0 aliphatic carbocycles. The number of benzene rings is 1. The summed E-state index contributed by atoms with van der Waals surface area (Å²) in [5, 5.41) is 12.4. The van der Waals surface area contributed by atoms with E-state index in [0.717, 1.165) is 0 Å². The van der Waals surface area contributed by atoms with Gasteiger partial charge in [0, 0.05) is 13.3 Å². The molecule has 0 saturated heterocycles. The third kappa shape index (κ3) is 3.87. The number of hydrogen-bond acceptors (Lipinski definition) is 5. The number of anilines is 1. The zero-order valence-electron chi connectivity index (χ0n) is 11.1. The largest absolute Gasteiger partial charge is 0.503 e. The van der Waals surface area contributed by atoms with Crippen molar-refractivity contribution in [2.24, 2.45) is 0 Å².